The van der Waals surface area contributed by atoms with Crippen LogP contribution in [0.25, 0.3) is 11.0 Å². The van der Waals surface area contributed by atoms with Gasteiger partial charge >= 0.3 is 0 Å². The fraction of sp³-hybridized carbons (Fsp3) is 0.440. The Bertz CT molecular complexity index is 926. The van der Waals surface area contributed by atoms with E-state index in [4.69, 9.17) is 4.98 Å². The predicted molar refractivity (Wildman–Crippen MR) is 118 cm³/mol. The molecule has 1 heterocycles. The molecule has 4 nitrogen and oxygen atoms in total. The molecule has 2 aromatic carbocycles. The minimum atomic E-state index is 0.235. The molecule has 1 N–H and O–H groups in total. The Hall–Kier alpha value is -2.62. The van der Waals surface area contributed by atoms with Crippen molar-refractivity contribution in [1.29, 1.82) is 0 Å². The molecular weight excluding hydrogens is 358 g/mol. The number of nitrogens with zero attached hydrogens (tertiary/aromatic N) is 2. The predicted octanol–water partition coefficient (Wildman–Crippen LogP) is 4.91. The highest BCUT2D eigenvalue weighted by Gasteiger charge is 2.20. The minimum absolute atomic E-state index is 0.235. The first kappa shape index (κ1) is 19.7. The van der Waals surface area contributed by atoms with Crippen LogP contribution in [0.1, 0.15) is 49.9 Å². The molecular formula is C25H31N3O. The first-order valence-electron chi connectivity index (χ1n) is 11.1. The maximum Gasteiger partial charge on any atom is 0.223 e. The van der Waals surface area contributed by atoms with Gasteiger partial charge in [0, 0.05) is 25.4 Å². The fourth-order valence-corrected chi connectivity index (χ4v) is 4.42. The van der Waals surface area contributed by atoms with Crippen LogP contribution >= 0.6 is 0 Å². The van der Waals surface area contributed by atoms with Crippen LogP contribution < -0.4 is 5.32 Å². The molecule has 0 bridgehead atoms. The summed E-state index contributed by atoms with van der Waals surface area (Å²) in [6.45, 7) is 1.66. The Labute approximate surface area is 173 Å². The van der Waals surface area contributed by atoms with Crippen LogP contribution in [0.3, 0.4) is 0 Å². The van der Waals surface area contributed by atoms with Crippen molar-refractivity contribution < 1.29 is 4.79 Å². The third-order valence-electron chi connectivity index (χ3n) is 6.05. The number of amides is 1. The van der Waals surface area contributed by atoms with Gasteiger partial charge in [-0.2, -0.15) is 0 Å². The van der Waals surface area contributed by atoms with Crippen LogP contribution in [0.5, 0.6) is 0 Å². The molecule has 1 aliphatic rings. The highest BCUT2D eigenvalue weighted by molar-refractivity contribution is 5.78. The van der Waals surface area contributed by atoms with Gasteiger partial charge in [-0.25, -0.2) is 4.98 Å². The maximum absolute atomic E-state index is 12.3. The maximum atomic E-state index is 12.3. The number of hydrogen-bond donors (Lipinski definition) is 1. The highest BCUT2D eigenvalue weighted by atomic mass is 16.1. The number of para-hydroxylation sites is 2. The number of hydrogen-bond acceptors (Lipinski definition) is 2. The van der Waals surface area contributed by atoms with E-state index in [-0.39, 0.29) is 11.8 Å². The molecule has 0 aliphatic heterocycles. The number of fused-ring (bicyclic) bond motifs is 1. The third-order valence-corrected chi connectivity index (χ3v) is 6.05. The van der Waals surface area contributed by atoms with E-state index in [0.29, 0.717) is 0 Å². The van der Waals surface area contributed by atoms with Crippen molar-refractivity contribution in [2.45, 2.75) is 57.9 Å². The summed E-state index contributed by atoms with van der Waals surface area (Å²) < 4.78 is 2.35. The van der Waals surface area contributed by atoms with E-state index >= 15 is 0 Å². The lowest BCUT2D eigenvalue weighted by molar-refractivity contribution is -0.125. The summed E-state index contributed by atoms with van der Waals surface area (Å²) in [5, 5.41) is 3.16. The van der Waals surface area contributed by atoms with Crippen LogP contribution in [0.2, 0.25) is 0 Å². The Morgan fingerprint density at radius 2 is 1.72 bits per heavy atom. The van der Waals surface area contributed by atoms with Gasteiger partial charge in [-0.15, -0.1) is 0 Å². The SMILES string of the molecule is O=C(NCCCc1nc2ccccc2n1CCc1ccccc1)C1CCCCC1. The van der Waals surface area contributed by atoms with E-state index < -0.39 is 0 Å². The lowest BCUT2D eigenvalue weighted by Crippen LogP contribution is -2.32. The van der Waals surface area contributed by atoms with Gasteiger partial charge in [-0.3, -0.25) is 4.79 Å². The Morgan fingerprint density at radius 3 is 2.55 bits per heavy atom. The first-order chi connectivity index (χ1) is 14.3. The van der Waals surface area contributed by atoms with E-state index in [2.05, 4.69) is 58.4 Å². The normalized spacial score (nSPS) is 14.9. The van der Waals surface area contributed by atoms with Gasteiger partial charge in [-0.1, -0.05) is 61.7 Å². The summed E-state index contributed by atoms with van der Waals surface area (Å²) in [4.78, 5) is 17.2. The zero-order valence-electron chi connectivity index (χ0n) is 17.1. The molecule has 1 saturated carbocycles. The van der Waals surface area contributed by atoms with Crippen LogP contribution in [-0.2, 0) is 24.2 Å². The van der Waals surface area contributed by atoms with Gasteiger partial charge in [0.05, 0.1) is 11.0 Å². The summed E-state index contributed by atoms with van der Waals surface area (Å²) in [6.07, 6.45) is 8.59. The fourth-order valence-electron chi connectivity index (χ4n) is 4.42. The van der Waals surface area contributed by atoms with E-state index in [0.717, 1.165) is 56.5 Å². The minimum Gasteiger partial charge on any atom is -0.356 e. The Kier molecular flexibility index (Phi) is 6.60. The van der Waals surface area contributed by atoms with Crippen molar-refractivity contribution in [2.75, 3.05) is 6.54 Å². The number of nitrogens with one attached hydrogen (secondary N) is 1. The summed E-state index contributed by atoms with van der Waals surface area (Å²) >= 11 is 0. The molecule has 1 aromatic heterocycles. The summed E-state index contributed by atoms with van der Waals surface area (Å²) in [5.41, 5.74) is 3.60. The standard InChI is InChI=1S/C25H31N3O/c29-25(21-12-5-2-6-13-21)26-18-9-16-24-27-22-14-7-8-15-23(22)28(24)19-17-20-10-3-1-4-11-20/h1,3-4,7-8,10-11,14-15,21H,2,5-6,9,12-13,16-19H2,(H,26,29). The molecule has 1 amide bonds. The van der Waals surface area contributed by atoms with Gasteiger partial charge in [0.15, 0.2) is 0 Å². The number of benzene rings is 2. The zero-order chi connectivity index (χ0) is 19.9. The number of aromatic nitrogens is 2. The molecule has 0 saturated heterocycles. The molecule has 0 radical (unpaired) electrons. The largest absolute Gasteiger partial charge is 0.356 e. The van der Waals surface area contributed by atoms with Crippen LogP contribution in [0.15, 0.2) is 54.6 Å². The van der Waals surface area contributed by atoms with Crippen molar-refractivity contribution in [2.24, 2.45) is 5.92 Å². The number of rotatable bonds is 8. The first-order valence-corrected chi connectivity index (χ1v) is 11.1. The smallest absolute Gasteiger partial charge is 0.223 e. The second kappa shape index (κ2) is 9.73. The monoisotopic (exact) mass is 389 g/mol. The average Bonchev–Trinajstić information content (AvgIpc) is 3.14. The number of aryl methyl sites for hydroxylation is 3. The Morgan fingerprint density at radius 1 is 0.966 bits per heavy atom. The molecule has 0 unspecified atom stereocenters. The molecule has 29 heavy (non-hydrogen) atoms. The van der Waals surface area contributed by atoms with E-state index in [1.165, 1.54) is 30.3 Å². The zero-order valence-corrected chi connectivity index (χ0v) is 17.1. The van der Waals surface area contributed by atoms with Gasteiger partial charge in [0.2, 0.25) is 5.91 Å². The molecule has 1 aliphatic carbocycles. The van der Waals surface area contributed by atoms with Crippen molar-refractivity contribution in [3.63, 3.8) is 0 Å². The van der Waals surface area contributed by atoms with Crippen molar-refractivity contribution in [3.05, 3.63) is 66.0 Å². The number of imidazole rings is 1. The molecule has 0 spiro atoms. The molecule has 3 aromatic rings. The second-order valence-electron chi connectivity index (χ2n) is 8.13. The summed E-state index contributed by atoms with van der Waals surface area (Å²) in [7, 11) is 0. The third kappa shape index (κ3) is 5.06. The summed E-state index contributed by atoms with van der Waals surface area (Å²) in [6, 6.07) is 19.0. The van der Waals surface area contributed by atoms with Gasteiger partial charge in [0.1, 0.15) is 5.82 Å². The second-order valence-corrected chi connectivity index (χ2v) is 8.13. The van der Waals surface area contributed by atoms with E-state index in [1.54, 1.807) is 0 Å². The van der Waals surface area contributed by atoms with E-state index in [1.807, 2.05) is 6.07 Å². The Balaban J connectivity index is 1.36. The lowest BCUT2D eigenvalue weighted by Gasteiger charge is -2.20. The van der Waals surface area contributed by atoms with Crippen LogP contribution in [0, 0.1) is 5.92 Å². The van der Waals surface area contributed by atoms with Crippen molar-refractivity contribution in [3.8, 4) is 0 Å². The molecule has 4 rings (SSSR count). The van der Waals surface area contributed by atoms with Crippen LogP contribution in [-0.4, -0.2) is 22.0 Å². The van der Waals surface area contributed by atoms with Gasteiger partial charge in [0.25, 0.3) is 0 Å². The molecule has 152 valence electrons. The topological polar surface area (TPSA) is 46.9 Å². The highest BCUT2D eigenvalue weighted by Crippen LogP contribution is 2.23. The summed E-state index contributed by atoms with van der Waals surface area (Å²) in [5.74, 6) is 1.61. The number of carbonyl (C=O) groups is 1. The molecule has 1 fully saturated rings. The molecule has 4 heteroatoms. The number of carbonyl (C=O) groups excluding carboxylic acids is 1. The van der Waals surface area contributed by atoms with Gasteiger partial charge < -0.3 is 9.88 Å². The molecule has 0 atom stereocenters. The quantitative estimate of drug-likeness (QED) is 0.557. The van der Waals surface area contributed by atoms with Gasteiger partial charge in [-0.05, 0) is 43.4 Å². The lowest BCUT2D eigenvalue weighted by atomic mass is 9.89. The van der Waals surface area contributed by atoms with Crippen molar-refractivity contribution >= 4 is 16.9 Å². The van der Waals surface area contributed by atoms with E-state index in [9.17, 15) is 4.79 Å². The van der Waals surface area contributed by atoms with Crippen LogP contribution in [0.4, 0.5) is 0 Å². The van der Waals surface area contributed by atoms with Crippen molar-refractivity contribution in [1.82, 2.24) is 14.9 Å². The average molecular weight is 390 g/mol.